The van der Waals surface area contributed by atoms with Gasteiger partial charge < -0.3 is 20.9 Å². The van der Waals surface area contributed by atoms with Crippen LogP contribution in [0.15, 0.2) is 18.3 Å². The van der Waals surface area contributed by atoms with Crippen LogP contribution in [0, 0.1) is 0 Å². The molecular weight excluding hydrogens is 230 g/mol. The van der Waals surface area contributed by atoms with Crippen molar-refractivity contribution >= 4 is 5.82 Å². The van der Waals surface area contributed by atoms with Crippen molar-refractivity contribution in [1.82, 2.24) is 10.3 Å². The summed E-state index contributed by atoms with van der Waals surface area (Å²) in [6.45, 7) is 4.03. The number of nitrogens with two attached hydrogens (primary N) is 1. The summed E-state index contributed by atoms with van der Waals surface area (Å²) in [4.78, 5) is 4.02. The number of aromatic nitrogens is 1. The maximum Gasteiger partial charge on any atom is 0.126 e. The van der Waals surface area contributed by atoms with Gasteiger partial charge in [0.15, 0.2) is 0 Å². The Balaban J connectivity index is 2.37. The van der Waals surface area contributed by atoms with Gasteiger partial charge in [0, 0.05) is 26.3 Å². The summed E-state index contributed by atoms with van der Waals surface area (Å²) in [6.07, 6.45) is 2.82. The van der Waals surface area contributed by atoms with Gasteiger partial charge in [-0.3, -0.25) is 0 Å². The van der Waals surface area contributed by atoms with E-state index in [9.17, 15) is 5.11 Å². The van der Waals surface area contributed by atoms with Gasteiger partial charge >= 0.3 is 0 Å². The largest absolute Gasteiger partial charge is 0.390 e. The first-order chi connectivity index (χ1) is 8.55. The molecule has 0 aliphatic carbocycles. The van der Waals surface area contributed by atoms with E-state index in [1.165, 1.54) is 0 Å². The number of pyridine rings is 1. The number of nitrogen functional groups attached to an aromatic ring is 1. The number of nitrogens with one attached hydrogen (secondary N) is 1. The molecule has 1 rings (SSSR count). The van der Waals surface area contributed by atoms with Crippen molar-refractivity contribution in [1.29, 1.82) is 0 Å². The Morgan fingerprint density at radius 2 is 2.28 bits per heavy atom. The summed E-state index contributed by atoms with van der Waals surface area (Å²) in [7, 11) is 1.67. The number of aliphatic hydroxyl groups is 1. The highest BCUT2D eigenvalue weighted by Crippen LogP contribution is 2.19. The Morgan fingerprint density at radius 3 is 2.94 bits per heavy atom. The van der Waals surface area contributed by atoms with Crippen LogP contribution in [0.5, 0.6) is 0 Å². The van der Waals surface area contributed by atoms with Gasteiger partial charge in [-0.25, -0.2) is 4.98 Å². The van der Waals surface area contributed by atoms with E-state index in [-0.39, 0.29) is 0 Å². The zero-order valence-electron chi connectivity index (χ0n) is 11.1. The predicted octanol–water partition coefficient (Wildman–Crippen LogP) is 0.583. The normalized spacial score (nSPS) is 14.4. The first-order valence-electron chi connectivity index (χ1n) is 6.16. The molecule has 1 heterocycles. The van der Waals surface area contributed by atoms with Crippen molar-refractivity contribution in [2.24, 2.45) is 0 Å². The topological polar surface area (TPSA) is 80.4 Å². The molecule has 1 aromatic heterocycles. The van der Waals surface area contributed by atoms with E-state index in [2.05, 4.69) is 10.3 Å². The standard InChI is InChI=1S/C13H23N3O2/c1-13(17,5-7-15-8-9-18-2)10-11-4-3-6-16-12(11)14/h3-4,6,15,17H,5,7-10H2,1-2H3,(H2,14,16). The van der Waals surface area contributed by atoms with E-state index in [4.69, 9.17) is 10.5 Å². The Kier molecular flexibility index (Phi) is 6.04. The number of ether oxygens (including phenoxy) is 1. The fourth-order valence-corrected chi connectivity index (χ4v) is 1.76. The lowest BCUT2D eigenvalue weighted by atomic mass is 9.93. The molecule has 0 aliphatic heterocycles. The second kappa shape index (κ2) is 7.31. The van der Waals surface area contributed by atoms with Crippen LogP contribution in [0.3, 0.4) is 0 Å². The van der Waals surface area contributed by atoms with E-state index >= 15 is 0 Å². The summed E-state index contributed by atoms with van der Waals surface area (Å²) in [5.74, 6) is 0.491. The van der Waals surface area contributed by atoms with Gasteiger partial charge in [-0.1, -0.05) is 6.07 Å². The van der Waals surface area contributed by atoms with Crippen LogP contribution in [-0.2, 0) is 11.2 Å². The van der Waals surface area contributed by atoms with Crippen molar-refractivity contribution < 1.29 is 9.84 Å². The lowest BCUT2D eigenvalue weighted by Gasteiger charge is -2.24. The molecule has 1 atom stereocenters. The second-order valence-electron chi connectivity index (χ2n) is 4.71. The first kappa shape index (κ1) is 14.9. The van der Waals surface area contributed by atoms with Crippen molar-refractivity contribution in [3.8, 4) is 0 Å². The van der Waals surface area contributed by atoms with Gasteiger partial charge in [0.05, 0.1) is 12.2 Å². The Morgan fingerprint density at radius 1 is 1.50 bits per heavy atom. The fraction of sp³-hybridized carbons (Fsp3) is 0.615. The van der Waals surface area contributed by atoms with E-state index in [0.717, 1.165) is 18.7 Å². The minimum Gasteiger partial charge on any atom is -0.390 e. The van der Waals surface area contributed by atoms with Gasteiger partial charge in [-0.2, -0.15) is 0 Å². The number of methoxy groups -OCH3 is 1. The molecule has 5 nitrogen and oxygen atoms in total. The molecule has 18 heavy (non-hydrogen) atoms. The van der Waals surface area contributed by atoms with Gasteiger partial charge in [-0.15, -0.1) is 0 Å². The van der Waals surface area contributed by atoms with Gasteiger partial charge in [-0.05, 0) is 31.5 Å². The van der Waals surface area contributed by atoms with Gasteiger partial charge in [0.1, 0.15) is 5.82 Å². The molecule has 0 fully saturated rings. The molecule has 0 saturated carbocycles. The van der Waals surface area contributed by atoms with Crippen LogP contribution in [0.25, 0.3) is 0 Å². The van der Waals surface area contributed by atoms with Crippen LogP contribution in [0.2, 0.25) is 0 Å². The molecule has 102 valence electrons. The molecule has 0 radical (unpaired) electrons. The molecular formula is C13H23N3O2. The van der Waals surface area contributed by atoms with E-state index in [1.54, 1.807) is 13.3 Å². The van der Waals surface area contributed by atoms with Crippen LogP contribution < -0.4 is 11.1 Å². The van der Waals surface area contributed by atoms with Gasteiger partial charge in [0.2, 0.25) is 0 Å². The van der Waals surface area contributed by atoms with Crippen molar-refractivity contribution in [3.63, 3.8) is 0 Å². The number of hydrogen-bond donors (Lipinski definition) is 3. The average Bonchev–Trinajstić information content (AvgIpc) is 2.31. The molecule has 0 aliphatic rings. The smallest absolute Gasteiger partial charge is 0.126 e. The molecule has 0 spiro atoms. The monoisotopic (exact) mass is 253 g/mol. The lowest BCUT2D eigenvalue weighted by molar-refractivity contribution is 0.0511. The molecule has 0 bridgehead atoms. The minimum atomic E-state index is -0.781. The Hall–Kier alpha value is -1.17. The van der Waals surface area contributed by atoms with Crippen molar-refractivity contribution in [2.75, 3.05) is 32.5 Å². The van der Waals surface area contributed by atoms with E-state index in [0.29, 0.717) is 25.3 Å². The molecule has 1 aromatic rings. The molecule has 0 amide bonds. The number of hydrogen-bond acceptors (Lipinski definition) is 5. The fourth-order valence-electron chi connectivity index (χ4n) is 1.76. The highest BCUT2D eigenvalue weighted by atomic mass is 16.5. The zero-order chi connectivity index (χ0) is 13.4. The minimum absolute atomic E-state index is 0.491. The summed E-state index contributed by atoms with van der Waals surface area (Å²) in [5.41, 5.74) is 5.88. The van der Waals surface area contributed by atoms with Crippen LogP contribution in [0.4, 0.5) is 5.82 Å². The molecule has 1 unspecified atom stereocenters. The molecule has 4 N–H and O–H groups in total. The van der Waals surface area contributed by atoms with Crippen molar-refractivity contribution in [2.45, 2.75) is 25.4 Å². The highest BCUT2D eigenvalue weighted by molar-refractivity contribution is 5.39. The molecule has 5 heteroatoms. The zero-order valence-corrected chi connectivity index (χ0v) is 11.1. The van der Waals surface area contributed by atoms with Crippen LogP contribution in [-0.4, -0.2) is 42.5 Å². The quantitative estimate of drug-likeness (QED) is 0.591. The first-order valence-corrected chi connectivity index (χ1v) is 6.16. The third-order valence-corrected chi connectivity index (χ3v) is 2.82. The number of nitrogens with zero attached hydrogens (tertiary/aromatic N) is 1. The van der Waals surface area contributed by atoms with E-state index in [1.807, 2.05) is 19.1 Å². The second-order valence-corrected chi connectivity index (χ2v) is 4.71. The Bertz CT molecular complexity index is 356. The van der Waals surface area contributed by atoms with Crippen molar-refractivity contribution in [3.05, 3.63) is 23.9 Å². The summed E-state index contributed by atoms with van der Waals surface area (Å²) < 4.78 is 4.94. The van der Waals surface area contributed by atoms with Crippen LogP contribution >= 0.6 is 0 Å². The number of rotatable bonds is 8. The van der Waals surface area contributed by atoms with Crippen LogP contribution in [0.1, 0.15) is 18.9 Å². The lowest BCUT2D eigenvalue weighted by Crippen LogP contribution is -2.33. The number of anilines is 1. The average molecular weight is 253 g/mol. The van der Waals surface area contributed by atoms with E-state index < -0.39 is 5.60 Å². The Labute approximate surface area is 108 Å². The van der Waals surface area contributed by atoms with Gasteiger partial charge in [0.25, 0.3) is 0 Å². The summed E-state index contributed by atoms with van der Waals surface area (Å²) in [6, 6.07) is 3.73. The summed E-state index contributed by atoms with van der Waals surface area (Å²) in [5, 5.41) is 13.5. The maximum atomic E-state index is 10.3. The maximum absolute atomic E-state index is 10.3. The SMILES string of the molecule is COCCNCCC(C)(O)Cc1cccnc1N. The third-order valence-electron chi connectivity index (χ3n) is 2.82. The predicted molar refractivity (Wildman–Crippen MR) is 72.3 cm³/mol. The highest BCUT2D eigenvalue weighted by Gasteiger charge is 2.21. The molecule has 0 saturated heterocycles. The molecule has 0 aromatic carbocycles. The third kappa shape index (κ3) is 5.44. The summed E-state index contributed by atoms with van der Waals surface area (Å²) >= 11 is 0.